The molecule has 0 aliphatic heterocycles. The lowest BCUT2D eigenvalue weighted by atomic mass is 9.98. The molecule has 0 heterocycles. The van der Waals surface area contributed by atoms with Crippen molar-refractivity contribution in [2.45, 2.75) is 45.6 Å². The number of hydrogen-bond acceptors (Lipinski definition) is 4. The smallest absolute Gasteiger partial charge is 0.191 e. The van der Waals surface area contributed by atoms with Crippen LogP contribution in [0.3, 0.4) is 0 Å². The first-order valence-electron chi connectivity index (χ1n) is 9.11. The van der Waals surface area contributed by atoms with Gasteiger partial charge in [0.2, 0.25) is 0 Å². The molecule has 1 aromatic carbocycles. The van der Waals surface area contributed by atoms with Crippen molar-refractivity contribution >= 4 is 39.8 Å². The van der Waals surface area contributed by atoms with Crippen molar-refractivity contribution in [2.24, 2.45) is 4.99 Å². The SMILES string of the molecule is CCNC(=NCCC(C)c1ccc(OC)cc1)NC(C)CCS(C)(=O)=O.I. The van der Waals surface area contributed by atoms with Gasteiger partial charge in [0.05, 0.1) is 12.9 Å². The number of halogens is 1. The second-order valence-corrected chi connectivity index (χ2v) is 8.95. The Balaban J connectivity index is 0.00000676. The number of hydrogen-bond donors (Lipinski definition) is 2. The molecule has 0 aliphatic carbocycles. The zero-order chi connectivity index (χ0) is 19.6. The number of methoxy groups -OCH3 is 1. The topological polar surface area (TPSA) is 79.8 Å². The van der Waals surface area contributed by atoms with Crippen LogP contribution in [0.15, 0.2) is 29.3 Å². The lowest BCUT2D eigenvalue weighted by molar-refractivity contribution is 0.414. The number of nitrogens with zero attached hydrogens (tertiary/aromatic N) is 1. The van der Waals surface area contributed by atoms with Crippen LogP contribution in [0.4, 0.5) is 0 Å². The third-order valence-corrected chi connectivity index (χ3v) is 5.14. The molecule has 6 nitrogen and oxygen atoms in total. The monoisotopic (exact) mass is 511 g/mol. The summed E-state index contributed by atoms with van der Waals surface area (Å²) in [6.07, 6.45) is 2.76. The van der Waals surface area contributed by atoms with E-state index in [1.165, 1.54) is 11.8 Å². The molecule has 0 aliphatic rings. The van der Waals surface area contributed by atoms with Crippen molar-refractivity contribution in [1.29, 1.82) is 0 Å². The molecule has 2 unspecified atom stereocenters. The Labute approximate surface area is 181 Å². The molecule has 0 saturated carbocycles. The molecule has 8 heteroatoms. The van der Waals surface area contributed by atoms with Gasteiger partial charge in [0.15, 0.2) is 5.96 Å². The molecule has 0 spiro atoms. The Bertz CT molecular complexity index is 663. The highest BCUT2D eigenvalue weighted by atomic mass is 127. The maximum absolute atomic E-state index is 11.3. The molecular formula is C19H34IN3O3S. The molecule has 0 amide bonds. The fourth-order valence-corrected chi connectivity index (χ4v) is 3.27. The molecule has 27 heavy (non-hydrogen) atoms. The fraction of sp³-hybridized carbons (Fsp3) is 0.632. The Morgan fingerprint density at radius 3 is 2.33 bits per heavy atom. The Morgan fingerprint density at radius 1 is 1.19 bits per heavy atom. The second kappa shape index (κ2) is 13.2. The number of aliphatic imine (C=N–C) groups is 1. The number of guanidine groups is 1. The van der Waals surface area contributed by atoms with Gasteiger partial charge in [-0.15, -0.1) is 24.0 Å². The summed E-state index contributed by atoms with van der Waals surface area (Å²) in [6.45, 7) is 7.63. The van der Waals surface area contributed by atoms with Gasteiger partial charge in [0.1, 0.15) is 15.6 Å². The second-order valence-electron chi connectivity index (χ2n) is 6.69. The summed E-state index contributed by atoms with van der Waals surface area (Å²) in [5.74, 6) is 2.17. The lowest BCUT2D eigenvalue weighted by Crippen LogP contribution is -2.43. The van der Waals surface area contributed by atoms with Gasteiger partial charge in [-0.1, -0.05) is 19.1 Å². The van der Waals surface area contributed by atoms with E-state index in [0.717, 1.165) is 24.7 Å². The number of nitrogens with one attached hydrogen (secondary N) is 2. The van der Waals surface area contributed by atoms with Crippen molar-refractivity contribution in [2.75, 3.05) is 32.2 Å². The van der Waals surface area contributed by atoms with Crippen molar-refractivity contribution in [3.63, 3.8) is 0 Å². The predicted molar refractivity (Wildman–Crippen MR) is 124 cm³/mol. The van der Waals surface area contributed by atoms with E-state index in [-0.39, 0.29) is 35.8 Å². The van der Waals surface area contributed by atoms with E-state index >= 15 is 0 Å². The standard InChI is InChI=1S/C19H33N3O3S.HI/c1-6-20-19(22-16(3)12-14-26(5,23)24)21-13-11-15(2)17-7-9-18(25-4)10-8-17;/h7-10,15-16H,6,11-14H2,1-5H3,(H2,20,21,22);1H. The maximum atomic E-state index is 11.3. The van der Waals surface area contributed by atoms with Crippen molar-refractivity contribution in [3.8, 4) is 5.75 Å². The average Bonchev–Trinajstić information content (AvgIpc) is 2.59. The van der Waals surface area contributed by atoms with Gasteiger partial charge in [-0.2, -0.15) is 0 Å². The molecule has 0 aromatic heterocycles. The Hall–Kier alpha value is -1.03. The molecule has 0 saturated heterocycles. The van der Waals surface area contributed by atoms with E-state index in [0.29, 0.717) is 18.9 Å². The van der Waals surface area contributed by atoms with Crippen LogP contribution < -0.4 is 15.4 Å². The van der Waals surface area contributed by atoms with E-state index in [4.69, 9.17) is 4.74 Å². The Morgan fingerprint density at radius 2 is 1.81 bits per heavy atom. The lowest BCUT2D eigenvalue weighted by Gasteiger charge is -2.18. The zero-order valence-electron chi connectivity index (χ0n) is 17.0. The van der Waals surface area contributed by atoms with Gasteiger partial charge < -0.3 is 15.4 Å². The third-order valence-electron chi connectivity index (χ3n) is 4.17. The van der Waals surface area contributed by atoms with Crippen LogP contribution in [0.1, 0.15) is 45.1 Å². The minimum atomic E-state index is -2.94. The van der Waals surface area contributed by atoms with E-state index in [1.54, 1.807) is 7.11 Å². The van der Waals surface area contributed by atoms with Gasteiger partial charge >= 0.3 is 0 Å². The molecule has 0 bridgehead atoms. The van der Waals surface area contributed by atoms with Crippen LogP contribution >= 0.6 is 24.0 Å². The first-order valence-corrected chi connectivity index (χ1v) is 11.2. The molecule has 1 rings (SSSR count). The normalized spacial score (nSPS) is 14.0. The van der Waals surface area contributed by atoms with Gasteiger partial charge in [-0.05, 0) is 50.3 Å². The largest absolute Gasteiger partial charge is 0.497 e. The van der Waals surface area contributed by atoms with Crippen LogP contribution in [0.5, 0.6) is 5.75 Å². The van der Waals surface area contributed by atoms with Gasteiger partial charge in [0, 0.05) is 25.4 Å². The first kappa shape index (κ1) is 26.0. The maximum Gasteiger partial charge on any atom is 0.191 e. The van der Waals surface area contributed by atoms with Crippen LogP contribution in [0, 0.1) is 0 Å². The van der Waals surface area contributed by atoms with Crippen molar-refractivity contribution in [3.05, 3.63) is 29.8 Å². The molecule has 2 N–H and O–H groups in total. The average molecular weight is 511 g/mol. The fourth-order valence-electron chi connectivity index (χ4n) is 2.49. The number of ether oxygens (including phenoxy) is 1. The molecule has 1 aromatic rings. The highest BCUT2D eigenvalue weighted by molar-refractivity contribution is 14.0. The van der Waals surface area contributed by atoms with Gasteiger partial charge in [-0.3, -0.25) is 4.99 Å². The van der Waals surface area contributed by atoms with E-state index in [1.807, 2.05) is 26.0 Å². The summed E-state index contributed by atoms with van der Waals surface area (Å²) in [7, 11) is -1.27. The molecular weight excluding hydrogens is 477 g/mol. The summed E-state index contributed by atoms with van der Waals surface area (Å²) < 4.78 is 27.8. The summed E-state index contributed by atoms with van der Waals surface area (Å²) >= 11 is 0. The molecule has 156 valence electrons. The number of sulfone groups is 1. The van der Waals surface area contributed by atoms with E-state index in [2.05, 4.69) is 34.7 Å². The number of rotatable bonds is 10. The molecule has 0 fully saturated rings. The number of benzene rings is 1. The van der Waals surface area contributed by atoms with Gasteiger partial charge in [0.25, 0.3) is 0 Å². The van der Waals surface area contributed by atoms with Crippen LogP contribution in [-0.2, 0) is 9.84 Å². The Kier molecular flexibility index (Phi) is 12.7. The quantitative estimate of drug-likeness (QED) is 0.287. The van der Waals surface area contributed by atoms with E-state index in [9.17, 15) is 8.42 Å². The first-order chi connectivity index (χ1) is 12.2. The van der Waals surface area contributed by atoms with Crippen LogP contribution in [0.25, 0.3) is 0 Å². The summed E-state index contributed by atoms with van der Waals surface area (Å²) in [4.78, 5) is 4.62. The molecule has 2 atom stereocenters. The van der Waals surface area contributed by atoms with Gasteiger partial charge in [-0.25, -0.2) is 8.42 Å². The highest BCUT2D eigenvalue weighted by Crippen LogP contribution is 2.21. The van der Waals surface area contributed by atoms with E-state index < -0.39 is 9.84 Å². The van der Waals surface area contributed by atoms with Crippen molar-refractivity contribution < 1.29 is 13.2 Å². The molecule has 0 radical (unpaired) electrons. The summed E-state index contributed by atoms with van der Waals surface area (Å²) in [6, 6.07) is 8.17. The third kappa shape index (κ3) is 11.4. The van der Waals surface area contributed by atoms with Crippen molar-refractivity contribution in [1.82, 2.24) is 10.6 Å². The minimum Gasteiger partial charge on any atom is -0.497 e. The minimum absolute atomic E-state index is 0. The predicted octanol–water partition coefficient (Wildman–Crippen LogP) is 3.19. The van der Waals surface area contributed by atoms with Crippen LogP contribution in [-0.4, -0.2) is 52.6 Å². The highest BCUT2D eigenvalue weighted by Gasteiger charge is 2.10. The summed E-state index contributed by atoms with van der Waals surface area (Å²) in [5.41, 5.74) is 1.26. The zero-order valence-corrected chi connectivity index (χ0v) is 20.1. The van der Waals surface area contributed by atoms with Crippen LogP contribution in [0.2, 0.25) is 0 Å². The summed E-state index contributed by atoms with van der Waals surface area (Å²) in [5, 5.41) is 6.49.